The Kier molecular flexibility index (Phi) is 7.54. The van der Waals surface area contributed by atoms with Gasteiger partial charge in [-0.3, -0.25) is 0 Å². The van der Waals surface area contributed by atoms with E-state index in [0.29, 0.717) is 28.7 Å². The van der Waals surface area contributed by atoms with Crippen molar-refractivity contribution in [3.05, 3.63) is 84.6 Å². The molecule has 0 aromatic heterocycles. The number of ether oxygens (including phenoxy) is 5. The van der Waals surface area contributed by atoms with Crippen molar-refractivity contribution in [1.82, 2.24) is 0 Å². The molecule has 31 heavy (non-hydrogen) atoms. The smallest absolute Gasteiger partial charge is 0.225 e. The summed E-state index contributed by atoms with van der Waals surface area (Å²) in [5, 5.41) is 0. The van der Waals surface area contributed by atoms with Gasteiger partial charge in [-0.15, -0.1) is 0 Å². The number of rotatable bonds is 8. The van der Waals surface area contributed by atoms with Gasteiger partial charge in [0, 0.05) is 11.6 Å². The van der Waals surface area contributed by atoms with E-state index in [-0.39, 0.29) is 0 Å². The monoisotopic (exact) mass is 419 g/mol. The largest absolute Gasteiger partial charge is 0.497 e. The Bertz CT molecular complexity index is 1040. The molecule has 0 heterocycles. The van der Waals surface area contributed by atoms with E-state index in [4.69, 9.17) is 23.7 Å². The van der Waals surface area contributed by atoms with Crippen LogP contribution in [0.4, 0.5) is 5.69 Å². The van der Waals surface area contributed by atoms with Gasteiger partial charge in [-0.25, -0.2) is 4.99 Å². The SMILES string of the molecule is COc1ccc(N=C(Oc2cccc(OC)c2)C(C)=COc2ccc(OC)cc2)cc1. The molecule has 0 atom stereocenters. The van der Waals surface area contributed by atoms with Crippen molar-refractivity contribution in [1.29, 1.82) is 0 Å². The van der Waals surface area contributed by atoms with E-state index in [1.54, 1.807) is 33.7 Å². The molecule has 0 saturated carbocycles. The second kappa shape index (κ2) is 10.7. The maximum Gasteiger partial charge on any atom is 0.225 e. The quantitative estimate of drug-likeness (QED) is 0.262. The van der Waals surface area contributed by atoms with Crippen LogP contribution in [0.15, 0.2) is 89.6 Å². The van der Waals surface area contributed by atoms with Crippen LogP contribution in [0, 0.1) is 0 Å². The summed E-state index contributed by atoms with van der Waals surface area (Å²) in [4.78, 5) is 4.65. The maximum atomic E-state index is 6.07. The Morgan fingerprint density at radius 2 is 1.23 bits per heavy atom. The second-order valence-electron chi connectivity index (χ2n) is 6.49. The van der Waals surface area contributed by atoms with Gasteiger partial charge in [0.05, 0.1) is 33.3 Å². The van der Waals surface area contributed by atoms with Crippen LogP contribution in [0.1, 0.15) is 6.92 Å². The Morgan fingerprint density at radius 3 is 1.84 bits per heavy atom. The number of methoxy groups -OCH3 is 3. The minimum absolute atomic E-state index is 0.395. The molecule has 0 fully saturated rings. The van der Waals surface area contributed by atoms with Crippen molar-refractivity contribution in [2.24, 2.45) is 4.99 Å². The number of benzene rings is 3. The number of aliphatic imine (C=N–C) groups is 1. The Hall–Kier alpha value is -3.93. The molecule has 0 amide bonds. The molecule has 6 nitrogen and oxygen atoms in total. The zero-order valence-electron chi connectivity index (χ0n) is 18.0. The van der Waals surface area contributed by atoms with Gasteiger partial charge in [0.2, 0.25) is 5.90 Å². The summed E-state index contributed by atoms with van der Waals surface area (Å²) in [7, 11) is 4.86. The highest BCUT2D eigenvalue weighted by Crippen LogP contribution is 2.24. The van der Waals surface area contributed by atoms with Crippen LogP contribution < -0.4 is 23.7 Å². The molecule has 0 bridgehead atoms. The zero-order valence-corrected chi connectivity index (χ0v) is 18.0. The van der Waals surface area contributed by atoms with Gasteiger partial charge in [0.15, 0.2) is 0 Å². The standard InChI is InChI=1S/C25H25NO5/c1-18(17-30-22-14-12-21(28-3)13-15-22)25(26-19-8-10-20(27-2)11-9-19)31-24-7-5-6-23(16-24)29-4/h5-17H,1-4H3. The Labute approximate surface area is 182 Å². The van der Waals surface area contributed by atoms with Crippen molar-refractivity contribution < 1.29 is 23.7 Å². The normalized spacial score (nSPS) is 11.6. The minimum atomic E-state index is 0.395. The first-order chi connectivity index (χ1) is 15.1. The van der Waals surface area contributed by atoms with E-state index in [2.05, 4.69) is 4.99 Å². The van der Waals surface area contributed by atoms with E-state index in [9.17, 15) is 0 Å². The van der Waals surface area contributed by atoms with Gasteiger partial charge < -0.3 is 23.7 Å². The van der Waals surface area contributed by atoms with Crippen molar-refractivity contribution in [2.45, 2.75) is 6.92 Å². The minimum Gasteiger partial charge on any atom is -0.497 e. The molecule has 160 valence electrons. The predicted molar refractivity (Wildman–Crippen MR) is 121 cm³/mol. The van der Waals surface area contributed by atoms with Crippen molar-refractivity contribution in [3.8, 4) is 28.7 Å². The Balaban J connectivity index is 1.87. The highest BCUT2D eigenvalue weighted by atomic mass is 16.5. The molecule has 0 aliphatic rings. The summed E-state index contributed by atoms with van der Waals surface area (Å²) in [5.41, 5.74) is 1.42. The van der Waals surface area contributed by atoms with Crippen molar-refractivity contribution in [3.63, 3.8) is 0 Å². The van der Waals surface area contributed by atoms with Gasteiger partial charge in [0.1, 0.15) is 28.7 Å². The highest BCUT2D eigenvalue weighted by molar-refractivity contribution is 5.96. The van der Waals surface area contributed by atoms with E-state index in [1.807, 2.05) is 73.7 Å². The molecular weight excluding hydrogens is 394 g/mol. The molecule has 3 aromatic rings. The molecular formula is C25H25NO5. The molecule has 0 saturated heterocycles. The lowest BCUT2D eigenvalue weighted by Gasteiger charge is -2.11. The van der Waals surface area contributed by atoms with Crippen molar-refractivity contribution >= 4 is 11.6 Å². The highest BCUT2D eigenvalue weighted by Gasteiger charge is 2.09. The van der Waals surface area contributed by atoms with Crippen LogP contribution in [0.2, 0.25) is 0 Å². The van der Waals surface area contributed by atoms with Crippen LogP contribution in [-0.2, 0) is 0 Å². The van der Waals surface area contributed by atoms with Gasteiger partial charge in [-0.05, 0) is 67.6 Å². The lowest BCUT2D eigenvalue weighted by molar-refractivity contribution is 0.411. The fraction of sp³-hybridized carbons (Fsp3) is 0.160. The Morgan fingerprint density at radius 1 is 0.677 bits per heavy atom. The topological polar surface area (TPSA) is 58.5 Å². The van der Waals surface area contributed by atoms with Gasteiger partial charge in [-0.1, -0.05) is 6.07 Å². The predicted octanol–water partition coefficient (Wildman–Crippen LogP) is 5.80. The number of hydrogen-bond acceptors (Lipinski definition) is 6. The van der Waals surface area contributed by atoms with Gasteiger partial charge in [0.25, 0.3) is 0 Å². The maximum absolute atomic E-state index is 6.07. The summed E-state index contributed by atoms with van der Waals surface area (Å²) in [6.45, 7) is 1.87. The fourth-order valence-corrected chi connectivity index (χ4v) is 2.60. The third-order valence-electron chi connectivity index (χ3n) is 4.33. The molecule has 6 heteroatoms. The lowest BCUT2D eigenvalue weighted by Crippen LogP contribution is -2.11. The first-order valence-electron chi connectivity index (χ1n) is 9.64. The number of nitrogens with zero attached hydrogens (tertiary/aromatic N) is 1. The second-order valence-corrected chi connectivity index (χ2v) is 6.49. The van der Waals surface area contributed by atoms with Crippen molar-refractivity contribution in [2.75, 3.05) is 21.3 Å². The summed E-state index contributed by atoms with van der Waals surface area (Å²) in [6.07, 6.45) is 1.60. The lowest BCUT2D eigenvalue weighted by atomic mass is 10.3. The average Bonchev–Trinajstić information content (AvgIpc) is 2.83. The summed E-state index contributed by atoms with van der Waals surface area (Å²) < 4.78 is 27.5. The third-order valence-corrected chi connectivity index (χ3v) is 4.33. The van der Waals surface area contributed by atoms with E-state index < -0.39 is 0 Å². The molecule has 3 rings (SSSR count). The van der Waals surface area contributed by atoms with Gasteiger partial charge >= 0.3 is 0 Å². The molecule has 0 N–H and O–H groups in total. The van der Waals surface area contributed by atoms with Crippen LogP contribution in [0.5, 0.6) is 28.7 Å². The summed E-state index contributed by atoms with van der Waals surface area (Å²) in [5.74, 6) is 3.87. The van der Waals surface area contributed by atoms with Crippen LogP contribution >= 0.6 is 0 Å². The number of hydrogen-bond donors (Lipinski definition) is 0. The summed E-state index contributed by atoms with van der Waals surface area (Å²) >= 11 is 0. The van der Waals surface area contributed by atoms with Crippen LogP contribution in [-0.4, -0.2) is 27.2 Å². The first kappa shape index (κ1) is 21.8. The first-order valence-corrected chi connectivity index (χ1v) is 9.64. The summed E-state index contributed by atoms with van der Waals surface area (Å²) in [6, 6.07) is 22.0. The van der Waals surface area contributed by atoms with Crippen LogP contribution in [0.25, 0.3) is 0 Å². The van der Waals surface area contributed by atoms with Crippen LogP contribution in [0.3, 0.4) is 0 Å². The molecule has 0 radical (unpaired) electrons. The van der Waals surface area contributed by atoms with Gasteiger partial charge in [-0.2, -0.15) is 0 Å². The molecule has 0 aliphatic carbocycles. The van der Waals surface area contributed by atoms with E-state index in [0.717, 1.165) is 17.2 Å². The molecule has 0 spiro atoms. The van der Waals surface area contributed by atoms with E-state index in [1.165, 1.54) is 0 Å². The molecule has 0 aliphatic heterocycles. The average molecular weight is 419 g/mol. The molecule has 3 aromatic carbocycles. The van der Waals surface area contributed by atoms with E-state index >= 15 is 0 Å². The molecule has 0 unspecified atom stereocenters. The fourth-order valence-electron chi connectivity index (χ4n) is 2.60. The third kappa shape index (κ3) is 6.27. The zero-order chi connectivity index (χ0) is 22.1.